The molecule has 1 aliphatic heterocycles. The number of aromatic nitrogens is 2. The van der Waals surface area contributed by atoms with Gasteiger partial charge in [-0.05, 0) is 17.7 Å². The second kappa shape index (κ2) is 10.0. The third-order valence-electron chi connectivity index (χ3n) is 5.56. The van der Waals surface area contributed by atoms with Crippen LogP contribution in [0.15, 0.2) is 67.3 Å². The lowest BCUT2D eigenvalue weighted by molar-refractivity contribution is -0.384. The van der Waals surface area contributed by atoms with Crippen LogP contribution in [0.4, 0.5) is 5.69 Å². The van der Waals surface area contributed by atoms with Crippen molar-refractivity contribution in [1.29, 1.82) is 0 Å². The van der Waals surface area contributed by atoms with Gasteiger partial charge in [-0.1, -0.05) is 30.3 Å². The Morgan fingerprint density at radius 3 is 2.48 bits per heavy atom. The predicted molar refractivity (Wildman–Crippen MR) is 121 cm³/mol. The molecule has 0 aliphatic carbocycles. The number of hydrogen-bond donors (Lipinski definition) is 1. The first-order chi connectivity index (χ1) is 16.0. The molecule has 2 aromatic carbocycles. The van der Waals surface area contributed by atoms with Crippen molar-refractivity contribution in [3.8, 4) is 5.69 Å². The first-order valence-corrected chi connectivity index (χ1v) is 10.6. The largest absolute Gasteiger partial charge is 0.351 e. The van der Waals surface area contributed by atoms with Crippen LogP contribution in [0.1, 0.15) is 15.9 Å². The highest BCUT2D eigenvalue weighted by Gasteiger charge is 2.25. The van der Waals surface area contributed by atoms with Gasteiger partial charge in [-0.25, -0.2) is 4.98 Å². The van der Waals surface area contributed by atoms with Gasteiger partial charge in [0.25, 0.3) is 11.6 Å². The molecule has 1 fully saturated rings. The van der Waals surface area contributed by atoms with E-state index in [1.54, 1.807) is 23.2 Å². The molecule has 2 amide bonds. The summed E-state index contributed by atoms with van der Waals surface area (Å²) in [6, 6.07) is 14.1. The van der Waals surface area contributed by atoms with Gasteiger partial charge in [-0.3, -0.25) is 24.6 Å². The van der Waals surface area contributed by atoms with E-state index in [-0.39, 0.29) is 29.6 Å². The van der Waals surface area contributed by atoms with Crippen LogP contribution < -0.4 is 5.32 Å². The SMILES string of the molecule is O=C(CN1CCN(C(=O)c2ccc(-n3ccnc3)c([N+](=O)[O-])c2)CC1)NCc1ccccc1. The fraction of sp³-hybridized carbons (Fsp3) is 0.261. The molecule has 0 spiro atoms. The van der Waals surface area contributed by atoms with Crippen LogP contribution in [0.25, 0.3) is 5.69 Å². The zero-order valence-electron chi connectivity index (χ0n) is 18.0. The van der Waals surface area contributed by atoms with Crippen molar-refractivity contribution in [2.24, 2.45) is 0 Å². The number of nitro groups is 1. The monoisotopic (exact) mass is 448 g/mol. The molecule has 3 aromatic rings. The third-order valence-corrected chi connectivity index (χ3v) is 5.56. The second-order valence-corrected chi connectivity index (χ2v) is 7.76. The Morgan fingerprint density at radius 1 is 1.06 bits per heavy atom. The van der Waals surface area contributed by atoms with Gasteiger partial charge >= 0.3 is 0 Å². The number of hydrogen-bond acceptors (Lipinski definition) is 6. The molecule has 0 radical (unpaired) electrons. The Bertz CT molecular complexity index is 1130. The van der Waals surface area contributed by atoms with E-state index in [0.29, 0.717) is 38.4 Å². The van der Waals surface area contributed by atoms with Crippen LogP contribution in [-0.4, -0.2) is 68.8 Å². The molecule has 33 heavy (non-hydrogen) atoms. The molecular formula is C23H24N6O4. The highest BCUT2D eigenvalue weighted by atomic mass is 16.6. The first-order valence-electron chi connectivity index (χ1n) is 10.6. The van der Waals surface area contributed by atoms with Gasteiger partial charge < -0.3 is 14.8 Å². The number of nitrogens with one attached hydrogen (secondary N) is 1. The number of piperazine rings is 1. The van der Waals surface area contributed by atoms with Crippen molar-refractivity contribution in [2.45, 2.75) is 6.54 Å². The summed E-state index contributed by atoms with van der Waals surface area (Å²) in [5, 5.41) is 14.5. The molecule has 1 aliphatic rings. The van der Waals surface area contributed by atoms with Crippen molar-refractivity contribution in [3.05, 3.63) is 88.5 Å². The smallest absolute Gasteiger partial charge is 0.294 e. The van der Waals surface area contributed by atoms with Gasteiger partial charge in [0.15, 0.2) is 0 Å². The number of carbonyl (C=O) groups excluding carboxylic acids is 2. The zero-order chi connectivity index (χ0) is 23.2. The second-order valence-electron chi connectivity index (χ2n) is 7.76. The predicted octanol–water partition coefficient (Wildman–Crippen LogP) is 1.85. The van der Waals surface area contributed by atoms with Crippen LogP contribution in [0, 0.1) is 10.1 Å². The highest BCUT2D eigenvalue weighted by molar-refractivity contribution is 5.95. The number of imidazole rings is 1. The maximum Gasteiger partial charge on any atom is 0.294 e. The number of nitrogens with zero attached hydrogens (tertiary/aromatic N) is 5. The molecule has 0 saturated carbocycles. The topological polar surface area (TPSA) is 114 Å². The quantitative estimate of drug-likeness (QED) is 0.436. The summed E-state index contributed by atoms with van der Waals surface area (Å²) in [6.07, 6.45) is 4.61. The van der Waals surface area contributed by atoms with Crippen LogP contribution in [0.2, 0.25) is 0 Å². The van der Waals surface area contributed by atoms with Crippen LogP contribution in [-0.2, 0) is 11.3 Å². The molecule has 1 N–H and O–H groups in total. The normalized spacial score (nSPS) is 14.1. The number of rotatable bonds is 7. The summed E-state index contributed by atoms with van der Waals surface area (Å²) in [6.45, 7) is 2.75. The lowest BCUT2D eigenvalue weighted by Gasteiger charge is -2.34. The molecule has 0 unspecified atom stereocenters. The Morgan fingerprint density at radius 2 is 1.82 bits per heavy atom. The van der Waals surface area contributed by atoms with Crippen LogP contribution in [0.5, 0.6) is 0 Å². The van der Waals surface area contributed by atoms with Crippen molar-refractivity contribution in [3.63, 3.8) is 0 Å². The molecule has 0 bridgehead atoms. The number of nitro benzene ring substituents is 1. The van der Waals surface area contributed by atoms with Gasteiger partial charge in [0.1, 0.15) is 5.69 Å². The van der Waals surface area contributed by atoms with Gasteiger partial charge in [0.05, 0.1) is 17.8 Å². The summed E-state index contributed by atoms with van der Waals surface area (Å²) in [7, 11) is 0. The van der Waals surface area contributed by atoms with Gasteiger partial charge in [-0.2, -0.15) is 0 Å². The Hall–Kier alpha value is -4.05. The van der Waals surface area contributed by atoms with E-state index in [1.807, 2.05) is 35.2 Å². The van der Waals surface area contributed by atoms with E-state index >= 15 is 0 Å². The Balaban J connectivity index is 1.32. The molecule has 10 heteroatoms. The number of benzene rings is 2. The number of carbonyl (C=O) groups is 2. The van der Waals surface area contributed by atoms with Gasteiger partial charge in [0.2, 0.25) is 5.91 Å². The first kappa shape index (κ1) is 22.2. The van der Waals surface area contributed by atoms with E-state index in [0.717, 1.165) is 5.56 Å². The molecule has 1 saturated heterocycles. The third kappa shape index (κ3) is 5.42. The van der Waals surface area contributed by atoms with Crippen molar-refractivity contribution in [2.75, 3.05) is 32.7 Å². The molecule has 170 valence electrons. The summed E-state index contributed by atoms with van der Waals surface area (Å²) >= 11 is 0. The minimum Gasteiger partial charge on any atom is -0.351 e. The average Bonchev–Trinajstić information content (AvgIpc) is 3.38. The van der Waals surface area contributed by atoms with E-state index in [9.17, 15) is 19.7 Å². The van der Waals surface area contributed by atoms with Crippen LogP contribution in [0.3, 0.4) is 0 Å². The van der Waals surface area contributed by atoms with E-state index in [2.05, 4.69) is 10.3 Å². The van der Waals surface area contributed by atoms with Gasteiger partial charge in [-0.15, -0.1) is 0 Å². The number of amides is 2. The summed E-state index contributed by atoms with van der Waals surface area (Å²) in [4.78, 5) is 43.8. The molecule has 0 atom stereocenters. The van der Waals surface area contributed by atoms with E-state index in [4.69, 9.17) is 0 Å². The van der Waals surface area contributed by atoms with Crippen LogP contribution >= 0.6 is 0 Å². The molecule has 4 rings (SSSR count). The molecular weight excluding hydrogens is 424 g/mol. The van der Waals surface area contributed by atoms with E-state index in [1.165, 1.54) is 23.2 Å². The summed E-state index contributed by atoms with van der Waals surface area (Å²) in [5.74, 6) is -0.326. The van der Waals surface area contributed by atoms with Gasteiger partial charge in [0, 0.05) is 56.7 Å². The maximum absolute atomic E-state index is 12.9. The molecule has 1 aromatic heterocycles. The van der Waals surface area contributed by atoms with Crippen molar-refractivity contribution in [1.82, 2.24) is 24.7 Å². The minimum absolute atomic E-state index is 0.0654. The fourth-order valence-corrected chi connectivity index (χ4v) is 3.77. The lowest BCUT2D eigenvalue weighted by Crippen LogP contribution is -2.51. The summed E-state index contributed by atoms with van der Waals surface area (Å²) in [5.41, 5.74) is 1.49. The Kier molecular flexibility index (Phi) is 6.75. The molecule has 10 nitrogen and oxygen atoms in total. The lowest BCUT2D eigenvalue weighted by atomic mass is 10.1. The standard InChI is InChI=1S/C23H24N6O4/c30-22(25-15-18-4-2-1-3-5-18)16-26-10-12-27(13-11-26)23(31)19-6-7-20(21(14-19)29(32)33)28-9-8-24-17-28/h1-9,14,17H,10-13,15-16H2,(H,25,30). The van der Waals surface area contributed by atoms with Crippen molar-refractivity contribution >= 4 is 17.5 Å². The molecule has 2 heterocycles. The van der Waals surface area contributed by atoms with Crippen molar-refractivity contribution < 1.29 is 14.5 Å². The Labute approximate surface area is 190 Å². The zero-order valence-corrected chi connectivity index (χ0v) is 18.0. The maximum atomic E-state index is 12.9. The van der Waals surface area contributed by atoms with E-state index < -0.39 is 4.92 Å². The highest BCUT2D eigenvalue weighted by Crippen LogP contribution is 2.25. The minimum atomic E-state index is -0.502. The summed E-state index contributed by atoms with van der Waals surface area (Å²) < 4.78 is 1.54. The average molecular weight is 448 g/mol. The fourth-order valence-electron chi connectivity index (χ4n) is 3.77.